The number of nitrogens with zero attached hydrogens (tertiary/aromatic N) is 1. The Kier molecular flexibility index (Phi) is 3.23. The van der Waals surface area contributed by atoms with E-state index in [0.717, 1.165) is 45.4 Å². The number of rotatable bonds is 3. The zero-order valence-corrected chi connectivity index (χ0v) is 12.3. The molecule has 1 saturated carbocycles. The van der Waals surface area contributed by atoms with Gasteiger partial charge in [-0.1, -0.05) is 30.3 Å². The summed E-state index contributed by atoms with van der Waals surface area (Å²) in [7, 11) is 0. The summed E-state index contributed by atoms with van der Waals surface area (Å²) in [6.07, 6.45) is 4.15. The molecule has 21 heavy (non-hydrogen) atoms. The standard InChI is InChI=1S/C17H22N2O2/c20-16-17(8-9-17)18-15(14-4-2-1-3-5-14)19(16)12-13-6-10-21-11-7-13/h1-5,13,15,18H,6-12H2. The van der Waals surface area contributed by atoms with Gasteiger partial charge in [-0.05, 0) is 37.2 Å². The van der Waals surface area contributed by atoms with Gasteiger partial charge in [-0.25, -0.2) is 0 Å². The van der Waals surface area contributed by atoms with Gasteiger partial charge in [0.05, 0.1) is 0 Å². The van der Waals surface area contributed by atoms with Crippen molar-refractivity contribution in [1.29, 1.82) is 0 Å². The molecule has 2 saturated heterocycles. The van der Waals surface area contributed by atoms with Crippen LogP contribution in [0.5, 0.6) is 0 Å². The fraction of sp³-hybridized carbons (Fsp3) is 0.588. The van der Waals surface area contributed by atoms with Gasteiger partial charge < -0.3 is 9.64 Å². The third-order valence-corrected chi connectivity index (χ3v) is 5.06. The first kappa shape index (κ1) is 13.3. The van der Waals surface area contributed by atoms with E-state index in [9.17, 15) is 4.79 Å². The second-order valence-corrected chi connectivity index (χ2v) is 6.55. The van der Waals surface area contributed by atoms with E-state index in [1.165, 1.54) is 5.56 Å². The predicted molar refractivity (Wildman–Crippen MR) is 79.5 cm³/mol. The van der Waals surface area contributed by atoms with Gasteiger partial charge in [-0.2, -0.15) is 0 Å². The molecule has 1 aromatic carbocycles. The second kappa shape index (κ2) is 5.11. The van der Waals surface area contributed by atoms with Crippen LogP contribution in [-0.4, -0.2) is 36.1 Å². The normalized spacial score (nSPS) is 28.3. The zero-order valence-electron chi connectivity index (χ0n) is 12.3. The van der Waals surface area contributed by atoms with Crippen molar-refractivity contribution in [3.05, 3.63) is 35.9 Å². The molecule has 1 N–H and O–H groups in total. The van der Waals surface area contributed by atoms with Crippen LogP contribution in [0, 0.1) is 5.92 Å². The average Bonchev–Trinajstić information content (AvgIpc) is 3.27. The minimum atomic E-state index is -0.244. The van der Waals surface area contributed by atoms with Crippen molar-refractivity contribution < 1.29 is 9.53 Å². The van der Waals surface area contributed by atoms with Crippen molar-refractivity contribution in [1.82, 2.24) is 10.2 Å². The van der Waals surface area contributed by atoms with Crippen LogP contribution < -0.4 is 5.32 Å². The Labute approximate surface area is 125 Å². The molecule has 1 aromatic rings. The van der Waals surface area contributed by atoms with Crippen LogP contribution in [0.4, 0.5) is 0 Å². The van der Waals surface area contributed by atoms with Gasteiger partial charge >= 0.3 is 0 Å². The molecule has 2 aliphatic heterocycles. The van der Waals surface area contributed by atoms with Gasteiger partial charge in [0.2, 0.25) is 5.91 Å². The Balaban J connectivity index is 1.57. The highest BCUT2D eigenvalue weighted by atomic mass is 16.5. The molecule has 1 atom stereocenters. The van der Waals surface area contributed by atoms with Crippen LogP contribution in [0.2, 0.25) is 0 Å². The van der Waals surface area contributed by atoms with Gasteiger partial charge in [0.15, 0.2) is 0 Å². The predicted octanol–water partition coefficient (Wildman–Crippen LogP) is 2.08. The summed E-state index contributed by atoms with van der Waals surface area (Å²) < 4.78 is 5.44. The fourth-order valence-electron chi connectivity index (χ4n) is 3.57. The molecule has 3 fully saturated rings. The van der Waals surface area contributed by atoms with E-state index in [2.05, 4.69) is 22.3 Å². The maximum absolute atomic E-state index is 12.8. The van der Waals surface area contributed by atoms with Crippen LogP contribution in [0.1, 0.15) is 37.4 Å². The Bertz CT molecular complexity index is 521. The summed E-state index contributed by atoms with van der Waals surface area (Å²) in [5.41, 5.74) is 0.952. The van der Waals surface area contributed by atoms with Gasteiger partial charge in [0.1, 0.15) is 11.7 Å². The average molecular weight is 286 g/mol. The molecule has 0 bridgehead atoms. The van der Waals surface area contributed by atoms with Crippen molar-refractivity contribution in [2.75, 3.05) is 19.8 Å². The number of nitrogens with one attached hydrogen (secondary N) is 1. The molecule has 0 aromatic heterocycles. The number of carbonyl (C=O) groups excluding carboxylic acids is 1. The third kappa shape index (κ3) is 2.36. The maximum atomic E-state index is 12.8. The summed E-state index contributed by atoms with van der Waals surface area (Å²) in [4.78, 5) is 14.9. The first-order valence-electron chi connectivity index (χ1n) is 8.00. The van der Waals surface area contributed by atoms with Crippen LogP contribution in [0.3, 0.4) is 0 Å². The van der Waals surface area contributed by atoms with E-state index in [4.69, 9.17) is 4.74 Å². The van der Waals surface area contributed by atoms with Crippen molar-refractivity contribution in [3.8, 4) is 0 Å². The summed E-state index contributed by atoms with van der Waals surface area (Å²) in [6.45, 7) is 2.53. The lowest BCUT2D eigenvalue weighted by Crippen LogP contribution is -2.37. The molecule has 1 spiro atoms. The van der Waals surface area contributed by atoms with E-state index in [0.29, 0.717) is 11.8 Å². The smallest absolute Gasteiger partial charge is 0.244 e. The molecule has 4 rings (SSSR count). The van der Waals surface area contributed by atoms with E-state index in [-0.39, 0.29) is 11.7 Å². The van der Waals surface area contributed by atoms with Crippen molar-refractivity contribution in [3.63, 3.8) is 0 Å². The Morgan fingerprint density at radius 2 is 1.90 bits per heavy atom. The third-order valence-electron chi connectivity index (χ3n) is 5.06. The number of benzene rings is 1. The van der Waals surface area contributed by atoms with E-state index in [1.54, 1.807) is 0 Å². The summed E-state index contributed by atoms with van der Waals surface area (Å²) in [5, 5.41) is 3.59. The molecule has 112 valence electrons. The first-order chi connectivity index (χ1) is 10.3. The molecule has 2 heterocycles. The van der Waals surface area contributed by atoms with Crippen LogP contribution in [-0.2, 0) is 9.53 Å². The zero-order chi connectivity index (χ0) is 14.3. The lowest BCUT2D eigenvalue weighted by Gasteiger charge is -2.30. The molecule has 0 radical (unpaired) electrons. The first-order valence-corrected chi connectivity index (χ1v) is 8.00. The highest BCUT2D eigenvalue weighted by Gasteiger charge is 2.59. The molecule has 3 aliphatic rings. The minimum Gasteiger partial charge on any atom is -0.381 e. The lowest BCUT2D eigenvalue weighted by atomic mass is 9.99. The number of hydrogen-bond donors (Lipinski definition) is 1. The van der Waals surface area contributed by atoms with Gasteiger partial charge in [-0.15, -0.1) is 0 Å². The highest BCUT2D eigenvalue weighted by Crippen LogP contribution is 2.46. The molecule has 4 heteroatoms. The van der Waals surface area contributed by atoms with Crippen molar-refractivity contribution in [2.24, 2.45) is 5.92 Å². The number of carbonyl (C=O) groups is 1. The van der Waals surface area contributed by atoms with Crippen molar-refractivity contribution in [2.45, 2.75) is 37.4 Å². The topological polar surface area (TPSA) is 41.6 Å². The Morgan fingerprint density at radius 3 is 2.57 bits per heavy atom. The number of amides is 1. The van der Waals surface area contributed by atoms with Gasteiger partial charge in [0, 0.05) is 19.8 Å². The summed E-state index contributed by atoms with van der Waals surface area (Å²) >= 11 is 0. The number of hydrogen-bond acceptors (Lipinski definition) is 3. The lowest BCUT2D eigenvalue weighted by molar-refractivity contribution is -0.132. The van der Waals surface area contributed by atoms with Crippen LogP contribution in [0.15, 0.2) is 30.3 Å². The van der Waals surface area contributed by atoms with Gasteiger partial charge in [-0.3, -0.25) is 10.1 Å². The summed E-state index contributed by atoms with van der Waals surface area (Å²) in [5.74, 6) is 0.882. The van der Waals surface area contributed by atoms with E-state index in [1.807, 2.05) is 18.2 Å². The molecule has 1 aliphatic carbocycles. The molecule has 4 nitrogen and oxygen atoms in total. The molecule has 1 amide bonds. The number of ether oxygens (including phenoxy) is 1. The quantitative estimate of drug-likeness (QED) is 0.925. The Morgan fingerprint density at radius 1 is 1.19 bits per heavy atom. The highest BCUT2D eigenvalue weighted by molar-refractivity contribution is 5.92. The molecular formula is C17H22N2O2. The van der Waals surface area contributed by atoms with E-state index >= 15 is 0 Å². The molecular weight excluding hydrogens is 264 g/mol. The van der Waals surface area contributed by atoms with Crippen LogP contribution >= 0.6 is 0 Å². The second-order valence-electron chi connectivity index (χ2n) is 6.55. The summed E-state index contributed by atoms with van der Waals surface area (Å²) in [6, 6.07) is 10.3. The van der Waals surface area contributed by atoms with Crippen LogP contribution in [0.25, 0.3) is 0 Å². The maximum Gasteiger partial charge on any atom is 0.244 e. The minimum absolute atomic E-state index is 0.0454. The van der Waals surface area contributed by atoms with Crippen molar-refractivity contribution >= 4 is 5.91 Å². The largest absolute Gasteiger partial charge is 0.381 e. The molecule has 1 unspecified atom stereocenters. The fourth-order valence-corrected chi connectivity index (χ4v) is 3.57. The van der Waals surface area contributed by atoms with Gasteiger partial charge in [0.25, 0.3) is 0 Å². The van der Waals surface area contributed by atoms with E-state index < -0.39 is 0 Å². The monoisotopic (exact) mass is 286 g/mol. The Hall–Kier alpha value is -1.39. The SMILES string of the molecule is O=C1N(CC2CCOCC2)C(c2ccccc2)NC12CC2.